The minimum Gasteiger partial charge on any atom is -0.391 e. The summed E-state index contributed by atoms with van der Waals surface area (Å²) in [5.41, 5.74) is 5.22. The minimum absolute atomic E-state index is 0.0216. The Morgan fingerprint density at radius 2 is 2.06 bits per heavy atom. The van der Waals surface area contributed by atoms with Crippen molar-refractivity contribution in [3.63, 3.8) is 0 Å². The van der Waals surface area contributed by atoms with Crippen molar-refractivity contribution in [3.05, 3.63) is 0 Å². The number of thiocarbonyl (C=S) groups is 1. The van der Waals surface area contributed by atoms with Crippen molar-refractivity contribution in [2.24, 2.45) is 5.73 Å². The molecule has 1 amide bonds. The van der Waals surface area contributed by atoms with Gasteiger partial charge < -0.3 is 20.5 Å². The monoisotopic (exact) mass is 260 g/mol. The summed E-state index contributed by atoms with van der Waals surface area (Å²) in [6, 6.07) is 0. The molecule has 0 aromatic rings. The van der Waals surface area contributed by atoms with Gasteiger partial charge in [0.15, 0.2) is 0 Å². The van der Waals surface area contributed by atoms with Crippen LogP contribution in [-0.4, -0.2) is 43.4 Å². The Morgan fingerprint density at radius 3 is 2.59 bits per heavy atom. The SMILES string of the molecule is COCCOCC(=O)NC1(C(N)=S)CCCC1. The van der Waals surface area contributed by atoms with Crippen LogP contribution in [0.25, 0.3) is 0 Å². The van der Waals surface area contributed by atoms with E-state index >= 15 is 0 Å². The molecule has 17 heavy (non-hydrogen) atoms. The normalized spacial score (nSPS) is 17.9. The summed E-state index contributed by atoms with van der Waals surface area (Å²) in [5, 5.41) is 2.90. The van der Waals surface area contributed by atoms with E-state index < -0.39 is 5.54 Å². The van der Waals surface area contributed by atoms with Gasteiger partial charge >= 0.3 is 0 Å². The molecule has 0 bridgehead atoms. The fourth-order valence-electron chi connectivity index (χ4n) is 2.02. The van der Waals surface area contributed by atoms with Crippen LogP contribution in [0.4, 0.5) is 0 Å². The van der Waals surface area contributed by atoms with E-state index in [2.05, 4.69) is 5.32 Å². The van der Waals surface area contributed by atoms with Crippen LogP contribution in [0.1, 0.15) is 25.7 Å². The first-order valence-corrected chi connectivity index (χ1v) is 6.19. The standard InChI is InChI=1S/C11H20N2O3S/c1-15-6-7-16-8-9(14)13-11(10(12)17)4-2-3-5-11/h2-8H2,1H3,(H2,12,17)(H,13,14). The number of hydrogen-bond donors (Lipinski definition) is 2. The third kappa shape index (κ3) is 4.22. The second-order valence-corrected chi connectivity index (χ2v) is 4.69. The molecule has 3 N–H and O–H groups in total. The van der Waals surface area contributed by atoms with Gasteiger partial charge in [-0.25, -0.2) is 0 Å². The topological polar surface area (TPSA) is 73.6 Å². The van der Waals surface area contributed by atoms with Crippen LogP contribution >= 0.6 is 12.2 Å². The van der Waals surface area contributed by atoms with Crippen LogP contribution in [0.5, 0.6) is 0 Å². The lowest BCUT2D eigenvalue weighted by molar-refractivity contribution is -0.127. The van der Waals surface area contributed by atoms with Gasteiger partial charge in [0.2, 0.25) is 5.91 Å². The third-order valence-corrected chi connectivity index (χ3v) is 3.36. The Hall–Kier alpha value is -0.720. The maximum Gasteiger partial charge on any atom is 0.246 e. The highest BCUT2D eigenvalue weighted by molar-refractivity contribution is 7.80. The number of hydrogen-bond acceptors (Lipinski definition) is 4. The highest BCUT2D eigenvalue weighted by Gasteiger charge is 2.37. The Labute approximate surface area is 107 Å². The molecule has 98 valence electrons. The van der Waals surface area contributed by atoms with Crippen molar-refractivity contribution in [1.29, 1.82) is 0 Å². The quantitative estimate of drug-likeness (QED) is 0.511. The molecular formula is C11H20N2O3S. The summed E-state index contributed by atoms with van der Waals surface area (Å²) in [4.78, 5) is 12.1. The van der Waals surface area contributed by atoms with E-state index in [0.29, 0.717) is 18.2 Å². The Balaban J connectivity index is 2.35. The fourth-order valence-corrected chi connectivity index (χ4v) is 2.28. The first-order valence-electron chi connectivity index (χ1n) is 5.78. The van der Waals surface area contributed by atoms with Gasteiger partial charge in [-0.15, -0.1) is 0 Å². The molecule has 6 heteroatoms. The molecule has 0 saturated heterocycles. The van der Waals surface area contributed by atoms with Crippen molar-refractivity contribution in [1.82, 2.24) is 5.32 Å². The van der Waals surface area contributed by atoms with Crippen LogP contribution in [0, 0.1) is 0 Å². The molecule has 5 nitrogen and oxygen atoms in total. The summed E-state index contributed by atoms with van der Waals surface area (Å²) < 4.78 is 9.97. The number of amides is 1. The van der Waals surface area contributed by atoms with Crippen LogP contribution in [0.3, 0.4) is 0 Å². The molecule has 0 aromatic carbocycles. The average molecular weight is 260 g/mol. The van der Waals surface area contributed by atoms with Crippen molar-refractivity contribution in [3.8, 4) is 0 Å². The van der Waals surface area contributed by atoms with Gasteiger partial charge in [0.25, 0.3) is 0 Å². The Bertz CT molecular complexity index is 278. The highest BCUT2D eigenvalue weighted by Crippen LogP contribution is 2.29. The molecule has 0 aliphatic heterocycles. The minimum atomic E-state index is -0.489. The number of nitrogens with two attached hydrogens (primary N) is 1. The van der Waals surface area contributed by atoms with Gasteiger partial charge in [-0.05, 0) is 12.8 Å². The van der Waals surface area contributed by atoms with E-state index in [9.17, 15) is 4.79 Å². The van der Waals surface area contributed by atoms with E-state index in [1.807, 2.05) is 0 Å². The second-order valence-electron chi connectivity index (χ2n) is 4.25. The smallest absolute Gasteiger partial charge is 0.246 e. The number of carbonyl (C=O) groups excluding carboxylic acids is 1. The lowest BCUT2D eigenvalue weighted by atomic mass is 9.97. The predicted octanol–water partition coefficient (Wildman–Crippen LogP) is 0.365. The molecule has 0 atom stereocenters. The van der Waals surface area contributed by atoms with E-state index in [1.165, 1.54) is 0 Å². The van der Waals surface area contributed by atoms with Gasteiger partial charge in [-0.1, -0.05) is 25.1 Å². The summed E-state index contributed by atoms with van der Waals surface area (Å²) in [5.74, 6) is -0.171. The van der Waals surface area contributed by atoms with Crippen molar-refractivity contribution in [2.75, 3.05) is 26.9 Å². The van der Waals surface area contributed by atoms with Crippen LogP contribution in [0.2, 0.25) is 0 Å². The lowest BCUT2D eigenvalue weighted by Gasteiger charge is -2.29. The molecule has 1 aliphatic rings. The molecule has 1 rings (SSSR count). The summed E-state index contributed by atoms with van der Waals surface area (Å²) in [6.07, 6.45) is 3.74. The van der Waals surface area contributed by atoms with Gasteiger partial charge in [0.05, 0.1) is 23.7 Å². The predicted molar refractivity (Wildman–Crippen MR) is 68.8 cm³/mol. The number of carbonyl (C=O) groups is 1. The molecule has 0 heterocycles. The van der Waals surface area contributed by atoms with Crippen LogP contribution in [-0.2, 0) is 14.3 Å². The maximum absolute atomic E-state index is 11.7. The van der Waals surface area contributed by atoms with Gasteiger partial charge in [0.1, 0.15) is 6.61 Å². The first kappa shape index (κ1) is 14.3. The molecule has 0 radical (unpaired) electrons. The van der Waals surface area contributed by atoms with Crippen molar-refractivity contribution in [2.45, 2.75) is 31.2 Å². The number of rotatable bonds is 7. The van der Waals surface area contributed by atoms with Crippen LogP contribution < -0.4 is 11.1 Å². The summed E-state index contributed by atoms with van der Waals surface area (Å²) in [6.45, 7) is 0.908. The molecule has 1 fully saturated rings. The number of methoxy groups -OCH3 is 1. The first-order chi connectivity index (χ1) is 8.10. The zero-order valence-electron chi connectivity index (χ0n) is 10.2. The lowest BCUT2D eigenvalue weighted by Crippen LogP contribution is -2.55. The van der Waals surface area contributed by atoms with Crippen molar-refractivity contribution >= 4 is 23.1 Å². The number of ether oxygens (including phenoxy) is 2. The average Bonchev–Trinajstić information content (AvgIpc) is 2.74. The molecule has 0 spiro atoms. The molecular weight excluding hydrogens is 240 g/mol. The Kier molecular flexibility index (Phi) is 5.80. The van der Waals surface area contributed by atoms with Gasteiger partial charge in [-0.2, -0.15) is 0 Å². The maximum atomic E-state index is 11.7. The molecule has 1 saturated carbocycles. The zero-order valence-corrected chi connectivity index (χ0v) is 11.0. The fraction of sp³-hybridized carbons (Fsp3) is 0.818. The molecule has 1 aliphatic carbocycles. The highest BCUT2D eigenvalue weighted by atomic mass is 32.1. The van der Waals surface area contributed by atoms with E-state index in [-0.39, 0.29) is 12.5 Å². The van der Waals surface area contributed by atoms with Crippen molar-refractivity contribution < 1.29 is 14.3 Å². The largest absolute Gasteiger partial charge is 0.391 e. The summed E-state index contributed by atoms with van der Waals surface area (Å²) in [7, 11) is 1.59. The zero-order chi connectivity index (χ0) is 12.7. The second kappa shape index (κ2) is 6.88. The van der Waals surface area contributed by atoms with Gasteiger partial charge in [-0.3, -0.25) is 4.79 Å². The van der Waals surface area contributed by atoms with Crippen LogP contribution in [0.15, 0.2) is 0 Å². The summed E-state index contributed by atoms with van der Waals surface area (Å²) >= 11 is 5.04. The number of nitrogens with one attached hydrogen (secondary N) is 1. The van der Waals surface area contributed by atoms with E-state index in [4.69, 9.17) is 27.4 Å². The van der Waals surface area contributed by atoms with E-state index in [1.54, 1.807) is 7.11 Å². The van der Waals surface area contributed by atoms with E-state index in [0.717, 1.165) is 25.7 Å². The third-order valence-electron chi connectivity index (χ3n) is 2.97. The van der Waals surface area contributed by atoms with Gasteiger partial charge in [0, 0.05) is 7.11 Å². The molecule has 0 aromatic heterocycles. The Morgan fingerprint density at radius 1 is 1.41 bits per heavy atom. The molecule has 0 unspecified atom stereocenters.